The van der Waals surface area contributed by atoms with Crippen molar-refractivity contribution in [1.29, 1.82) is 0 Å². The van der Waals surface area contributed by atoms with E-state index in [9.17, 15) is 8.42 Å². The third-order valence-electron chi connectivity index (χ3n) is 3.00. The standard InChI is InChI=1S/C14H18N4O2S/c1-11-4-3-7-16-13(11)10-18-21(19,20)14-6-5-12(8-15-2)9-17-14/h3-7,9,15,18H,8,10H2,1-2H3. The third-order valence-corrected chi connectivity index (χ3v) is 4.32. The first-order chi connectivity index (χ1) is 10.0. The molecule has 0 bridgehead atoms. The van der Waals surface area contributed by atoms with Crippen molar-refractivity contribution in [1.82, 2.24) is 20.0 Å². The Hall–Kier alpha value is -1.83. The molecule has 0 aliphatic heterocycles. The summed E-state index contributed by atoms with van der Waals surface area (Å²) in [4.78, 5) is 8.15. The molecule has 0 unspecified atom stereocenters. The summed E-state index contributed by atoms with van der Waals surface area (Å²) >= 11 is 0. The molecule has 2 rings (SSSR count). The van der Waals surface area contributed by atoms with Crippen LogP contribution in [0.5, 0.6) is 0 Å². The summed E-state index contributed by atoms with van der Waals surface area (Å²) in [7, 11) is -1.81. The number of nitrogens with one attached hydrogen (secondary N) is 2. The van der Waals surface area contributed by atoms with Gasteiger partial charge in [-0.3, -0.25) is 4.98 Å². The van der Waals surface area contributed by atoms with Crippen LogP contribution in [0.1, 0.15) is 16.8 Å². The maximum Gasteiger partial charge on any atom is 0.258 e. The van der Waals surface area contributed by atoms with E-state index in [4.69, 9.17) is 0 Å². The van der Waals surface area contributed by atoms with E-state index < -0.39 is 10.0 Å². The van der Waals surface area contributed by atoms with Crippen LogP contribution >= 0.6 is 0 Å². The van der Waals surface area contributed by atoms with Crippen LogP contribution in [0.15, 0.2) is 41.7 Å². The number of pyridine rings is 2. The molecule has 2 N–H and O–H groups in total. The molecule has 0 aliphatic carbocycles. The molecular weight excluding hydrogens is 288 g/mol. The minimum atomic E-state index is -3.63. The van der Waals surface area contributed by atoms with Crippen molar-refractivity contribution in [2.45, 2.75) is 25.0 Å². The Morgan fingerprint density at radius 3 is 2.57 bits per heavy atom. The highest BCUT2D eigenvalue weighted by Crippen LogP contribution is 2.09. The SMILES string of the molecule is CNCc1ccc(S(=O)(=O)NCc2ncccc2C)nc1. The largest absolute Gasteiger partial charge is 0.316 e. The van der Waals surface area contributed by atoms with Crippen molar-refractivity contribution < 1.29 is 8.42 Å². The molecule has 112 valence electrons. The quantitative estimate of drug-likeness (QED) is 0.831. The van der Waals surface area contributed by atoms with Gasteiger partial charge in [-0.25, -0.2) is 18.1 Å². The molecule has 0 radical (unpaired) electrons. The maximum absolute atomic E-state index is 12.2. The molecule has 21 heavy (non-hydrogen) atoms. The van der Waals surface area contributed by atoms with Gasteiger partial charge in [-0.2, -0.15) is 0 Å². The van der Waals surface area contributed by atoms with E-state index in [-0.39, 0.29) is 11.6 Å². The number of sulfonamides is 1. The van der Waals surface area contributed by atoms with Gasteiger partial charge < -0.3 is 5.32 Å². The van der Waals surface area contributed by atoms with Gasteiger partial charge in [0, 0.05) is 18.9 Å². The van der Waals surface area contributed by atoms with Gasteiger partial charge in [-0.1, -0.05) is 12.1 Å². The lowest BCUT2D eigenvalue weighted by Crippen LogP contribution is -2.25. The number of aromatic nitrogens is 2. The zero-order valence-corrected chi connectivity index (χ0v) is 12.8. The normalized spacial score (nSPS) is 11.5. The van der Waals surface area contributed by atoms with Crippen LogP contribution in [0.4, 0.5) is 0 Å². The van der Waals surface area contributed by atoms with Gasteiger partial charge in [0.2, 0.25) is 0 Å². The van der Waals surface area contributed by atoms with Crippen molar-refractivity contribution >= 4 is 10.0 Å². The number of hydrogen-bond acceptors (Lipinski definition) is 5. The molecule has 0 spiro atoms. The summed E-state index contributed by atoms with van der Waals surface area (Å²) in [5.41, 5.74) is 2.57. The van der Waals surface area contributed by atoms with Crippen LogP contribution in [0.2, 0.25) is 0 Å². The molecule has 0 saturated carbocycles. The Morgan fingerprint density at radius 2 is 1.95 bits per heavy atom. The number of nitrogens with zero attached hydrogens (tertiary/aromatic N) is 2. The van der Waals surface area contributed by atoms with E-state index in [1.165, 1.54) is 6.07 Å². The van der Waals surface area contributed by atoms with Crippen LogP contribution in [0.25, 0.3) is 0 Å². The lowest BCUT2D eigenvalue weighted by molar-refractivity contribution is 0.576. The molecule has 0 fully saturated rings. The summed E-state index contributed by atoms with van der Waals surface area (Å²) in [5, 5.41) is 2.99. The minimum absolute atomic E-state index is 0.0101. The number of rotatable bonds is 6. The Labute approximate surface area is 124 Å². The van der Waals surface area contributed by atoms with Gasteiger partial charge in [0.25, 0.3) is 10.0 Å². The Balaban J connectivity index is 2.09. The van der Waals surface area contributed by atoms with Gasteiger partial charge >= 0.3 is 0 Å². The zero-order valence-electron chi connectivity index (χ0n) is 12.0. The Bertz CT molecular complexity index is 699. The van der Waals surface area contributed by atoms with E-state index in [1.54, 1.807) is 18.5 Å². The highest BCUT2D eigenvalue weighted by atomic mass is 32.2. The smallest absolute Gasteiger partial charge is 0.258 e. The molecule has 0 atom stereocenters. The van der Waals surface area contributed by atoms with E-state index >= 15 is 0 Å². The van der Waals surface area contributed by atoms with Crippen molar-refractivity contribution in [3.05, 3.63) is 53.5 Å². The monoisotopic (exact) mass is 306 g/mol. The Kier molecular flexibility index (Phi) is 5.00. The van der Waals surface area contributed by atoms with Crippen molar-refractivity contribution in [2.75, 3.05) is 7.05 Å². The van der Waals surface area contributed by atoms with Gasteiger partial charge in [0.15, 0.2) is 5.03 Å². The van der Waals surface area contributed by atoms with E-state index in [0.717, 1.165) is 11.1 Å². The molecule has 6 nitrogen and oxygen atoms in total. The molecule has 7 heteroatoms. The topological polar surface area (TPSA) is 84.0 Å². The second-order valence-corrected chi connectivity index (χ2v) is 6.34. The van der Waals surface area contributed by atoms with E-state index in [0.29, 0.717) is 12.2 Å². The first-order valence-corrected chi connectivity index (χ1v) is 8.01. The minimum Gasteiger partial charge on any atom is -0.316 e. The highest BCUT2D eigenvalue weighted by molar-refractivity contribution is 7.89. The maximum atomic E-state index is 12.2. The third kappa shape index (κ3) is 4.07. The predicted molar refractivity (Wildman–Crippen MR) is 80.0 cm³/mol. The fourth-order valence-electron chi connectivity index (χ4n) is 1.82. The van der Waals surface area contributed by atoms with Gasteiger partial charge in [0.05, 0.1) is 12.2 Å². The number of aryl methyl sites for hydroxylation is 1. The molecule has 0 amide bonds. The summed E-state index contributed by atoms with van der Waals surface area (Å²) < 4.78 is 26.9. The predicted octanol–water partition coefficient (Wildman–Crippen LogP) is 0.983. The average molecular weight is 306 g/mol. The second-order valence-electron chi connectivity index (χ2n) is 4.63. The van der Waals surface area contributed by atoms with E-state index in [2.05, 4.69) is 20.0 Å². The summed E-state index contributed by atoms with van der Waals surface area (Å²) in [5.74, 6) is 0. The molecule has 0 saturated heterocycles. The first kappa shape index (κ1) is 15.6. The molecular formula is C14H18N4O2S. The molecule has 2 heterocycles. The van der Waals surface area contributed by atoms with Crippen molar-refractivity contribution in [3.63, 3.8) is 0 Å². The summed E-state index contributed by atoms with van der Waals surface area (Å²) in [6.07, 6.45) is 3.19. The molecule has 0 aliphatic rings. The fourth-order valence-corrected chi connectivity index (χ4v) is 2.73. The fraction of sp³-hybridized carbons (Fsp3) is 0.286. The average Bonchev–Trinajstić information content (AvgIpc) is 2.47. The van der Waals surface area contributed by atoms with Crippen molar-refractivity contribution in [2.24, 2.45) is 0 Å². The van der Waals surface area contributed by atoms with Crippen LogP contribution in [0, 0.1) is 6.92 Å². The lowest BCUT2D eigenvalue weighted by atomic mass is 10.2. The molecule has 2 aromatic heterocycles. The van der Waals surface area contributed by atoms with Gasteiger partial charge in [-0.15, -0.1) is 0 Å². The first-order valence-electron chi connectivity index (χ1n) is 6.52. The van der Waals surface area contributed by atoms with Gasteiger partial charge in [0.1, 0.15) is 0 Å². The van der Waals surface area contributed by atoms with Crippen molar-refractivity contribution in [3.8, 4) is 0 Å². The van der Waals surface area contributed by atoms with Crippen LogP contribution in [-0.2, 0) is 23.1 Å². The molecule has 0 aromatic carbocycles. The van der Waals surface area contributed by atoms with Crippen LogP contribution in [-0.4, -0.2) is 25.4 Å². The van der Waals surface area contributed by atoms with Crippen LogP contribution < -0.4 is 10.0 Å². The summed E-state index contributed by atoms with van der Waals surface area (Å²) in [6.45, 7) is 2.68. The number of hydrogen-bond donors (Lipinski definition) is 2. The van der Waals surface area contributed by atoms with Gasteiger partial charge in [-0.05, 0) is 37.2 Å². The second kappa shape index (κ2) is 6.75. The van der Waals surface area contributed by atoms with Crippen LogP contribution in [0.3, 0.4) is 0 Å². The summed E-state index contributed by atoms with van der Waals surface area (Å²) in [6, 6.07) is 6.95. The molecule has 2 aromatic rings. The van der Waals surface area contributed by atoms with E-state index in [1.807, 2.05) is 26.1 Å². The Morgan fingerprint density at radius 1 is 1.14 bits per heavy atom. The lowest BCUT2D eigenvalue weighted by Gasteiger charge is -2.08. The zero-order chi connectivity index (χ0) is 15.3. The highest BCUT2D eigenvalue weighted by Gasteiger charge is 2.15.